The summed E-state index contributed by atoms with van der Waals surface area (Å²) in [6.45, 7) is 1.56. The number of anilines is 1. The van der Waals surface area contributed by atoms with E-state index in [0.29, 0.717) is 10.6 Å². The predicted molar refractivity (Wildman–Crippen MR) is 61.1 cm³/mol. The second-order valence-corrected chi connectivity index (χ2v) is 3.49. The lowest BCUT2D eigenvalue weighted by Gasteiger charge is -2.06. The van der Waals surface area contributed by atoms with Crippen LogP contribution in [0.4, 0.5) is 5.69 Å². The number of nitrogens with one attached hydrogen (secondary N) is 1. The van der Waals surface area contributed by atoms with Gasteiger partial charge in [-0.15, -0.1) is 0 Å². The van der Waals surface area contributed by atoms with Gasteiger partial charge in [0.25, 0.3) is 0 Å². The number of benzene rings is 1. The molecular weight excluding hydrogens is 212 g/mol. The minimum atomic E-state index is 0.481. The highest BCUT2D eigenvalue weighted by molar-refractivity contribution is 6.32. The Labute approximate surface area is 94.6 Å². The molecule has 0 spiro atoms. The Kier molecular flexibility index (Phi) is 4.96. The smallest absolute Gasteiger partial charge is 0.101 e. The molecule has 0 aromatic heterocycles. The van der Waals surface area contributed by atoms with Crippen molar-refractivity contribution in [3.63, 3.8) is 0 Å². The van der Waals surface area contributed by atoms with Crippen molar-refractivity contribution in [3.8, 4) is 6.07 Å². The van der Waals surface area contributed by atoms with E-state index in [-0.39, 0.29) is 0 Å². The molecule has 0 saturated carbocycles. The van der Waals surface area contributed by atoms with E-state index in [1.165, 1.54) is 0 Å². The van der Waals surface area contributed by atoms with Crippen LogP contribution in [0.1, 0.15) is 12.0 Å². The summed E-state index contributed by atoms with van der Waals surface area (Å²) in [6.07, 6.45) is 0.939. The second-order valence-electron chi connectivity index (χ2n) is 3.08. The number of hydrogen-bond acceptors (Lipinski definition) is 3. The fourth-order valence-corrected chi connectivity index (χ4v) is 1.39. The molecule has 0 bridgehead atoms. The summed E-state index contributed by atoms with van der Waals surface area (Å²) in [7, 11) is 1.68. The third-order valence-corrected chi connectivity index (χ3v) is 2.26. The summed E-state index contributed by atoms with van der Waals surface area (Å²) >= 11 is 5.88. The van der Waals surface area contributed by atoms with Crippen LogP contribution in [0.5, 0.6) is 0 Å². The second kappa shape index (κ2) is 6.28. The van der Waals surface area contributed by atoms with Crippen LogP contribution in [-0.2, 0) is 4.74 Å². The Morgan fingerprint density at radius 2 is 2.33 bits per heavy atom. The third kappa shape index (κ3) is 3.78. The Balaban J connectivity index is 2.49. The van der Waals surface area contributed by atoms with Gasteiger partial charge in [0.2, 0.25) is 0 Å². The average Bonchev–Trinajstić information content (AvgIpc) is 2.25. The summed E-state index contributed by atoms with van der Waals surface area (Å²) in [5, 5.41) is 12.4. The minimum absolute atomic E-state index is 0.481. The first kappa shape index (κ1) is 11.8. The standard InChI is InChI=1S/C11H13ClN2O/c1-15-6-2-5-14-10-4-3-9(8-13)11(12)7-10/h3-4,7,14H,2,5-6H2,1H3. The summed E-state index contributed by atoms with van der Waals surface area (Å²) in [5.41, 5.74) is 1.43. The van der Waals surface area contributed by atoms with Crippen LogP contribution in [0.25, 0.3) is 0 Å². The van der Waals surface area contributed by atoms with Crippen molar-refractivity contribution in [3.05, 3.63) is 28.8 Å². The van der Waals surface area contributed by atoms with Crippen LogP contribution in [0.3, 0.4) is 0 Å². The molecule has 0 saturated heterocycles. The molecule has 0 atom stereocenters. The fourth-order valence-electron chi connectivity index (χ4n) is 1.16. The van der Waals surface area contributed by atoms with Crippen LogP contribution in [0.15, 0.2) is 18.2 Å². The van der Waals surface area contributed by atoms with Crippen LogP contribution >= 0.6 is 11.6 Å². The Morgan fingerprint density at radius 3 is 2.93 bits per heavy atom. The Morgan fingerprint density at radius 1 is 1.53 bits per heavy atom. The topological polar surface area (TPSA) is 45.0 Å². The molecule has 4 heteroatoms. The van der Waals surface area contributed by atoms with Crippen molar-refractivity contribution in [2.24, 2.45) is 0 Å². The van der Waals surface area contributed by atoms with Crippen LogP contribution < -0.4 is 5.32 Å². The van der Waals surface area contributed by atoms with E-state index >= 15 is 0 Å². The lowest BCUT2D eigenvalue weighted by atomic mass is 10.2. The van der Waals surface area contributed by atoms with Crippen molar-refractivity contribution in [2.75, 3.05) is 25.6 Å². The van der Waals surface area contributed by atoms with Gasteiger partial charge in [0.15, 0.2) is 0 Å². The molecule has 1 aromatic carbocycles. The summed E-state index contributed by atoms with van der Waals surface area (Å²) in [4.78, 5) is 0. The monoisotopic (exact) mass is 224 g/mol. The molecule has 80 valence electrons. The quantitative estimate of drug-likeness (QED) is 0.783. The molecule has 0 fully saturated rings. The molecule has 0 aliphatic carbocycles. The SMILES string of the molecule is COCCCNc1ccc(C#N)c(Cl)c1. The minimum Gasteiger partial charge on any atom is -0.385 e. The molecule has 0 aliphatic rings. The highest BCUT2D eigenvalue weighted by Crippen LogP contribution is 2.19. The number of nitriles is 1. The van der Waals surface area contributed by atoms with Crippen molar-refractivity contribution in [1.29, 1.82) is 5.26 Å². The fraction of sp³-hybridized carbons (Fsp3) is 0.364. The Hall–Kier alpha value is -1.24. The van der Waals surface area contributed by atoms with Gasteiger partial charge in [0.1, 0.15) is 6.07 Å². The summed E-state index contributed by atoms with van der Waals surface area (Å²) in [6, 6.07) is 7.33. The van der Waals surface area contributed by atoms with E-state index in [9.17, 15) is 0 Å². The molecule has 0 amide bonds. The number of halogens is 1. The van der Waals surface area contributed by atoms with E-state index in [4.69, 9.17) is 21.6 Å². The molecular formula is C11H13ClN2O. The van der Waals surface area contributed by atoms with Crippen molar-refractivity contribution < 1.29 is 4.74 Å². The van der Waals surface area contributed by atoms with Crippen LogP contribution in [0.2, 0.25) is 5.02 Å². The van der Waals surface area contributed by atoms with E-state index in [0.717, 1.165) is 25.3 Å². The maximum Gasteiger partial charge on any atom is 0.101 e. The largest absolute Gasteiger partial charge is 0.385 e. The van der Waals surface area contributed by atoms with Crippen molar-refractivity contribution in [2.45, 2.75) is 6.42 Å². The Bertz CT molecular complexity index is 360. The highest BCUT2D eigenvalue weighted by atomic mass is 35.5. The van der Waals surface area contributed by atoms with E-state index in [1.54, 1.807) is 19.2 Å². The molecule has 0 heterocycles. The lowest BCUT2D eigenvalue weighted by molar-refractivity contribution is 0.198. The number of hydrogen-bond donors (Lipinski definition) is 1. The van der Waals surface area contributed by atoms with Crippen molar-refractivity contribution >= 4 is 17.3 Å². The molecule has 3 nitrogen and oxygen atoms in total. The van der Waals surface area contributed by atoms with Gasteiger partial charge < -0.3 is 10.1 Å². The van der Waals surface area contributed by atoms with Crippen molar-refractivity contribution in [1.82, 2.24) is 0 Å². The lowest BCUT2D eigenvalue weighted by Crippen LogP contribution is -2.04. The third-order valence-electron chi connectivity index (χ3n) is 1.94. The molecule has 0 unspecified atom stereocenters. The molecule has 15 heavy (non-hydrogen) atoms. The molecule has 1 N–H and O–H groups in total. The maximum atomic E-state index is 8.68. The van der Waals surface area contributed by atoms with Gasteiger partial charge in [-0.3, -0.25) is 0 Å². The number of nitrogens with zero attached hydrogens (tertiary/aromatic N) is 1. The van der Waals surface area contributed by atoms with Gasteiger partial charge in [-0.2, -0.15) is 5.26 Å². The van der Waals surface area contributed by atoms with Crippen LogP contribution in [0, 0.1) is 11.3 Å². The first-order chi connectivity index (χ1) is 7.27. The van der Waals surface area contributed by atoms with E-state index in [1.807, 2.05) is 12.1 Å². The zero-order valence-electron chi connectivity index (χ0n) is 8.59. The van der Waals surface area contributed by atoms with Crippen LogP contribution in [-0.4, -0.2) is 20.3 Å². The van der Waals surface area contributed by atoms with Gasteiger partial charge in [-0.25, -0.2) is 0 Å². The predicted octanol–water partition coefficient (Wildman–Crippen LogP) is 2.66. The van der Waals surface area contributed by atoms with E-state index < -0.39 is 0 Å². The van der Waals surface area contributed by atoms with Gasteiger partial charge in [0.05, 0.1) is 10.6 Å². The summed E-state index contributed by atoms with van der Waals surface area (Å²) < 4.78 is 4.93. The number of ether oxygens (including phenoxy) is 1. The zero-order valence-corrected chi connectivity index (χ0v) is 9.34. The van der Waals surface area contributed by atoms with E-state index in [2.05, 4.69) is 5.32 Å². The normalized spacial score (nSPS) is 9.67. The number of rotatable bonds is 5. The van der Waals surface area contributed by atoms with Gasteiger partial charge in [0, 0.05) is 25.9 Å². The van der Waals surface area contributed by atoms with Gasteiger partial charge >= 0.3 is 0 Å². The molecule has 0 aliphatic heterocycles. The number of methoxy groups -OCH3 is 1. The first-order valence-electron chi connectivity index (χ1n) is 4.70. The van der Waals surface area contributed by atoms with Gasteiger partial charge in [-0.1, -0.05) is 11.6 Å². The zero-order chi connectivity index (χ0) is 11.1. The van der Waals surface area contributed by atoms with Gasteiger partial charge in [-0.05, 0) is 24.6 Å². The summed E-state index contributed by atoms with van der Waals surface area (Å²) in [5.74, 6) is 0. The average molecular weight is 225 g/mol. The maximum absolute atomic E-state index is 8.68. The first-order valence-corrected chi connectivity index (χ1v) is 5.08. The molecule has 1 rings (SSSR count). The molecule has 0 radical (unpaired) electrons. The highest BCUT2D eigenvalue weighted by Gasteiger charge is 1.99. The molecule has 1 aromatic rings.